The minimum absolute atomic E-state index is 0.205. The van der Waals surface area contributed by atoms with Crippen molar-refractivity contribution in [2.75, 3.05) is 6.54 Å². The Morgan fingerprint density at radius 2 is 1.77 bits per heavy atom. The Bertz CT molecular complexity index is 1140. The summed E-state index contributed by atoms with van der Waals surface area (Å²) in [5, 5.41) is 4.98. The number of fused-ring (bicyclic) bond motifs is 3. The minimum atomic E-state index is 0.205. The molecule has 2 N–H and O–H groups in total. The Labute approximate surface area is 178 Å². The van der Waals surface area contributed by atoms with Crippen LogP contribution in [0, 0.1) is 0 Å². The zero-order chi connectivity index (χ0) is 20.5. The number of nitrogens with one attached hydrogen (secondary N) is 2. The van der Waals surface area contributed by atoms with E-state index in [9.17, 15) is 0 Å². The molecule has 0 saturated carbocycles. The molecule has 3 nitrogen and oxygen atoms in total. The highest BCUT2D eigenvalue weighted by Crippen LogP contribution is 2.35. The number of ether oxygens (including phenoxy) is 1. The van der Waals surface area contributed by atoms with Crippen LogP contribution in [0.5, 0.6) is 5.75 Å². The lowest BCUT2D eigenvalue weighted by Gasteiger charge is -2.25. The summed E-state index contributed by atoms with van der Waals surface area (Å²) >= 11 is 0. The number of hydrogen-bond donors (Lipinski definition) is 2. The largest absolute Gasteiger partial charge is 0.489 e. The van der Waals surface area contributed by atoms with Crippen LogP contribution in [0.15, 0.2) is 72.8 Å². The summed E-state index contributed by atoms with van der Waals surface area (Å²) < 4.78 is 6.08. The molecule has 0 saturated heterocycles. The van der Waals surface area contributed by atoms with E-state index in [1.807, 2.05) is 18.2 Å². The van der Waals surface area contributed by atoms with E-state index in [2.05, 4.69) is 78.7 Å². The van der Waals surface area contributed by atoms with Crippen LogP contribution in [-0.4, -0.2) is 11.5 Å². The smallest absolute Gasteiger partial charge is 0.120 e. The summed E-state index contributed by atoms with van der Waals surface area (Å²) in [5.41, 5.74) is 7.75. The molecule has 0 bridgehead atoms. The predicted molar refractivity (Wildman–Crippen MR) is 123 cm³/mol. The Kier molecular flexibility index (Phi) is 5.06. The van der Waals surface area contributed by atoms with Gasteiger partial charge in [0.25, 0.3) is 0 Å². The first-order valence-electron chi connectivity index (χ1n) is 10.8. The highest BCUT2D eigenvalue weighted by Gasteiger charge is 2.25. The van der Waals surface area contributed by atoms with E-state index < -0.39 is 0 Å². The summed E-state index contributed by atoms with van der Waals surface area (Å²) in [4.78, 5) is 3.68. The standard InChI is InChI=1S/C27H28N2O/c1-18(2)20-8-10-21(11-9-20)26-27-23(14-15-28-26)24-16-22(12-13-25(24)29-27)30-17-19-6-4-3-5-7-19/h3-13,16,18,26,28-29H,14-15,17H2,1-2H3. The zero-order valence-electron chi connectivity index (χ0n) is 17.6. The Balaban J connectivity index is 1.44. The normalized spacial score (nSPS) is 16.0. The molecule has 3 heteroatoms. The van der Waals surface area contributed by atoms with Crippen molar-refractivity contribution in [3.63, 3.8) is 0 Å². The van der Waals surface area contributed by atoms with Crippen molar-refractivity contribution >= 4 is 10.9 Å². The lowest BCUT2D eigenvalue weighted by Crippen LogP contribution is -2.30. The van der Waals surface area contributed by atoms with Gasteiger partial charge in [0.2, 0.25) is 0 Å². The van der Waals surface area contributed by atoms with Crippen molar-refractivity contribution < 1.29 is 4.74 Å². The number of benzene rings is 3. The van der Waals surface area contributed by atoms with Gasteiger partial charge in [0.15, 0.2) is 0 Å². The van der Waals surface area contributed by atoms with Crippen LogP contribution in [0.2, 0.25) is 0 Å². The average molecular weight is 397 g/mol. The first-order valence-corrected chi connectivity index (χ1v) is 10.8. The number of rotatable bonds is 5. The SMILES string of the molecule is CC(C)c1ccc(C2NCCc3c2[nH]c2ccc(OCc4ccccc4)cc32)cc1. The lowest BCUT2D eigenvalue weighted by molar-refractivity contribution is 0.306. The highest BCUT2D eigenvalue weighted by molar-refractivity contribution is 5.86. The molecule has 0 aliphatic carbocycles. The van der Waals surface area contributed by atoms with E-state index in [0.29, 0.717) is 12.5 Å². The van der Waals surface area contributed by atoms with Gasteiger partial charge in [0, 0.05) is 23.1 Å². The van der Waals surface area contributed by atoms with E-state index in [-0.39, 0.29) is 6.04 Å². The van der Waals surface area contributed by atoms with Crippen LogP contribution in [0.4, 0.5) is 0 Å². The van der Waals surface area contributed by atoms with E-state index in [1.165, 1.54) is 38.9 Å². The van der Waals surface area contributed by atoms with Gasteiger partial charge in [0.05, 0.1) is 6.04 Å². The second kappa shape index (κ2) is 8.00. The van der Waals surface area contributed by atoms with Gasteiger partial charge in [-0.25, -0.2) is 0 Å². The van der Waals surface area contributed by atoms with E-state index in [4.69, 9.17) is 4.74 Å². The molecule has 1 unspecified atom stereocenters. The van der Waals surface area contributed by atoms with Crippen molar-refractivity contribution in [1.82, 2.24) is 10.3 Å². The average Bonchev–Trinajstić information content (AvgIpc) is 3.16. The summed E-state index contributed by atoms with van der Waals surface area (Å²) in [6.07, 6.45) is 1.03. The van der Waals surface area contributed by atoms with Gasteiger partial charge in [-0.1, -0.05) is 68.4 Å². The van der Waals surface area contributed by atoms with Gasteiger partial charge < -0.3 is 15.0 Å². The van der Waals surface area contributed by atoms with Crippen LogP contribution in [-0.2, 0) is 13.0 Å². The molecule has 1 atom stereocenters. The molecule has 1 aliphatic rings. The predicted octanol–water partition coefficient (Wildman–Crippen LogP) is 6.11. The second-order valence-corrected chi connectivity index (χ2v) is 8.46. The molecule has 30 heavy (non-hydrogen) atoms. The molecule has 4 aromatic rings. The van der Waals surface area contributed by atoms with Gasteiger partial charge in [-0.2, -0.15) is 0 Å². The molecule has 0 fully saturated rings. The number of H-pyrrole nitrogens is 1. The molecule has 152 valence electrons. The Morgan fingerprint density at radius 1 is 0.967 bits per heavy atom. The van der Waals surface area contributed by atoms with Crippen LogP contribution in [0.25, 0.3) is 10.9 Å². The van der Waals surface area contributed by atoms with E-state index in [1.54, 1.807) is 0 Å². The van der Waals surface area contributed by atoms with E-state index in [0.717, 1.165) is 18.7 Å². The molecule has 0 spiro atoms. The van der Waals surface area contributed by atoms with Gasteiger partial charge in [-0.05, 0) is 52.8 Å². The summed E-state index contributed by atoms with van der Waals surface area (Å²) in [6, 6.07) is 26.0. The van der Waals surface area contributed by atoms with Gasteiger partial charge >= 0.3 is 0 Å². The first-order chi connectivity index (χ1) is 14.7. The topological polar surface area (TPSA) is 37.0 Å². The third-order valence-corrected chi connectivity index (χ3v) is 6.11. The lowest BCUT2D eigenvalue weighted by atomic mass is 9.92. The number of aromatic nitrogens is 1. The highest BCUT2D eigenvalue weighted by atomic mass is 16.5. The van der Waals surface area contributed by atoms with Crippen molar-refractivity contribution in [2.45, 2.75) is 38.8 Å². The van der Waals surface area contributed by atoms with Crippen molar-refractivity contribution in [2.24, 2.45) is 0 Å². The first kappa shape index (κ1) is 19.0. The number of hydrogen-bond acceptors (Lipinski definition) is 2. The van der Waals surface area contributed by atoms with Gasteiger partial charge in [-0.3, -0.25) is 0 Å². The quantitative estimate of drug-likeness (QED) is 0.427. The van der Waals surface area contributed by atoms with E-state index >= 15 is 0 Å². The third kappa shape index (κ3) is 3.61. The molecular formula is C27H28N2O. The second-order valence-electron chi connectivity index (χ2n) is 8.46. The molecule has 5 rings (SSSR count). The van der Waals surface area contributed by atoms with Gasteiger partial charge in [0.1, 0.15) is 12.4 Å². The minimum Gasteiger partial charge on any atom is -0.489 e. The fourth-order valence-corrected chi connectivity index (χ4v) is 4.40. The van der Waals surface area contributed by atoms with Crippen LogP contribution in [0.3, 0.4) is 0 Å². The fourth-order valence-electron chi connectivity index (χ4n) is 4.40. The molecule has 0 amide bonds. The van der Waals surface area contributed by atoms with Crippen molar-refractivity contribution in [3.8, 4) is 5.75 Å². The Hall–Kier alpha value is -3.04. The molecule has 3 aromatic carbocycles. The van der Waals surface area contributed by atoms with Gasteiger partial charge in [-0.15, -0.1) is 0 Å². The van der Waals surface area contributed by atoms with Crippen LogP contribution in [0.1, 0.15) is 53.8 Å². The maximum atomic E-state index is 6.08. The summed E-state index contributed by atoms with van der Waals surface area (Å²) in [6.45, 7) is 6.04. The van der Waals surface area contributed by atoms with Crippen molar-refractivity contribution in [1.29, 1.82) is 0 Å². The zero-order valence-corrected chi connectivity index (χ0v) is 17.6. The van der Waals surface area contributed by atoms with Crippen LogP contribution >= 0.6 is 0 Å². The fraction of sp³-hybridized carbons (Fsp3) is 0.259. The molecule has 0 radical (unpaired) electrons. The molecule has 1 aromatic heterocycles. The Morgan fingerprint density at radius 3 is 2.53 bits per heavy atom. The molecule has 1 aliphatic heterocycles. The van der Waals surface area contributed by atoms with Crippen molar-refractivity contribution in [3.05, 3.63) is 101 Å². The summed E-state index contributed by atoms with van der Waals surface area (Å²) in [5.74, 6) is 1.47. The summed E-state index contributed by atoms with van der Waals surface area (Å²) in [7, 11) is 0. The number of aromatic amines is 1. The third-order valence-electron chi connectivity index (χ3n) is 6.11. The maximum Gasteiger partial charge on any atom is 0.120 e. The monoisotopic (exact) mass is 396 g/mol. The maximum absolute atomic E-state index is 6.08. The van der Waals surface area contributed by atoms with Crippen LogP contribution < -0.4 is 10.1 Å². The molecular weight excluding hydrogens is 368 g/mol. The molecule has 2 heterocycles.